The summed E-state index contributed by atoms with van der Waals surface area (Å²) in [7, 11) is 2.08. The summed E-state index contributed by atoms with van der Waals surface area (Å²) in [4.78, 5) is 0. The summed E-state index contributed by atoms with van der Waals surface area (Å²) >= 11 is 0. The van der Waals surface area contributed by atoms with Gasteiger partial charge in [0.1, 0.15) is 0 Å². The molecule has 0 saturated carbocycles. The molecular formula is C18H23NO. The van der Waals surface area contributed by atoms with Crippen molar-refractivity contribution in [2.45, 2.75) is 25.3 Å². The monoisotopic (exact) mass is 269 g/mol. The van der Waals surface area contributed by atoms with Gasteiger partial charge in [-0.2, -0.15) is 0 Å². The number of hydrogen-bond acceptors (Lipinski definition) is 2. The van der Waals surface area contributed by atoms with Gasteiger partial charge in [-0.3, -0.25) is 0 Å². The van der Waals surface area contributed by atoms with Crippen molar-refractivity contribution in [2.24, 2.45) is 5.92 Å². The molecular weight excluding hydrogens is 246 g/mol. The summed E-state index contributed by atoms with van der Waals surface area (Å²) in [5.74, 6) is 0.778. The van der Waals surface area contributed by atoms with Crippen LogP contribution in [0.3, 0.4) is 0 Å². The number of fused-ring (bicyclic) bond motifs is 1. The van der Waals surface area contributed by atoms with E-state index in [9.17, 15) is 0 Å². The SMILES string of the molecule is CNC(CC1CCOCC1)c1cccc2ccccc12. The van der Waals surface area contributed by atoms with Crippen molar-refractivity contribution >= 4 is 10.8 Å². The Labute approximate surface area is 121 Å². The Bertz CT molecular complexity index is 555. The van der Waals surface area contributed by atoms with E-state index in [1.807, 2.05) is 0 Å². The second-order valence-corrected chi connectivity index (χ2v) is 5.70. The Hall–Kier alpha value is -1.38. The molecule has 0 radical (unpaired) electrons. The van der Waals surface area contributed by atoms with Crippen molar-refractivity contribution < 1.29 is 4.74 Å². The lowest BCUT2D eigenvalue weighted by molar-refractivity contribution is 0.0608. The Morgan fingerprint density at radius 2 is 1.85 bits per heavy atom. The van der Waals surface area contributed by atoms with Gasteiger partial charge in [-0.1, -0.05) is 42.5 Å². The molecule has 2 aromatic rings. The zero-order valence-corrected chi connectivity index (χ0v) is 12.1. The minimum absolute atomic E-state index is 0.434. The third-order valence-corrected chi connectivity index (χ3v) is 4.46. The Morgan fingerprint density at radius 1 is 1.10 bits per heavy atom. The maximum atomic E-state index is 5.47. The average molecular weight is 269 g/mol. The minimum atomic E-state index is 0.434. The van der Waals surface area contributed by atoms with Crippen molar-refractivity contribution in [1.82, 2.24) is 5.32 Å². The summed E-state index contributed by atoms with van der Waals surface area (Å²) < 4.78 is 5.47. The highest BCUT2D eigenvalue weighted by atomic mass is 16.5. The minimum Gasteiger partial charge on any atom is -0.381 e. The fraction of sp³-hybridized carbons (Fsp3) is 0.444. The van der Waals surface area contributed by atoms with Crippen LogP contribution in [0.2, 0.25) is 0 Å². The maximum absolute atomic E-state index is 5.47. The molecule has 2 aromatic carbocycles. The summed E-state index contributed by atoms with van der Waals surface area (Å²) in [6, 6.07) is 15.7. The van der Waals surface area contributed by atoms with Crippen LogP contribution in [0.5, 0.6) is 0 Å². The molecule has 1 heterocycles. The fourth-order valence-corrected chi connectivity index (χ4v) is 3.27. The second-order valence-electron chi connectivity index (χ2n) is 5.70. The molecule has 0 aliphatic carbocycles. The third-order valence-electron chi connectivity index (χ3n) is 4.46. The molecule has 0 amide bonds. The van der Waals surface area contributed by atoms with E-state index in [1.54, 1.807) is 0 Å². The van der Waals surface area contributed by atoms with Crippen LogP contribution in [0.1, 0.15) is 30.9 Å². The predicted molar refractivity (Wildman–Crippen MR) is 83.9 cm³/mol. The maximum Gasteiger partial charge on any atom is 0.0468 e. The summed E-state index contributed by atoms with van der Waals surface area (Å²) in [6.07, 6.45) is 3.60. The molecule has 106 valence electrons. The number of ether oxygens (including phenoxy) is 1. The van der Waals surface area contributed by atoms with E-state index >= 15 is 0 Å². The fourth-order valence-electron chi connectivity index (χ4n) is 3.27. The highest BCUT2D eigenvalue weighted by molar-refractivity contribution is 5.86. The number of benzene rings is 2. The molecule has 2 heteroatoms. The molecule has 1 aliphatic rings. The topological polar surface area (TPSA) is 21.3 Å². The first-order chi connectivity index (χ1) is 9.88. The smallest absolute Gasteiger partial charge is 0.0468 e. The summed E-state index contributed by atoms with van der Waals surface area (Å²) in [5.41, 5.74) is 1.43. The average Bonchev–Trinajstić information content (AvgIpc) is 2.53. The molecule has 0 aromatic heterocycles. The predicted octanol–water partition coefficient (Wildman–Crippen LogP) is 3.92. The molecule has 3 rings (SSSR count). The van der Waals surface area contributed by atoms with Gasteiger partial charge in [-0.15, -0.1) is 0 Å². The molecule has 1 N–H and O–H groups in total. The van der Waals surface area contributed by atoms with Crippen LogP contribution in [-0.4, -0.2) is 20.3 Å². The molecule has 1 aliphatic heterocycles. The van der Waals surface area contributed by atoms with Crippen LogP contribution in [0.4, 0.5) is 0 Å². The van der Waals surface area contributed by atoms with Crippen LogP contribution in [0.15, 0.2) is 42.5 Å². The standard InChI is InChI=1S/C18H23NO/c1-19-18(13-14-9-11-20-12-10-14)17-8-4-6-15-5-2-3-7-16(15)17/h2-8,14,18-19H,9-13H2,1H3. The molecule has 1 saturated heterocycles. The second kappa shape index (κ2) is 6.38. The quantitative estimate of drug-likeness (QED) is 0.908. The molecule has 1 atom stereocenters. The van der Waals surface area contributed by atoms with E-state index in [1.165, 1.54) is 35.6 Å². The van der Waals surface area contributed by atoms with Crippen LogP contribution in [0, 0.1) is 5.92 Å². The van der Waals surface area contributed by atoms with Gasteiger partial charge in [0.2, 0.25) is 0 Å². The van der Waals surface area contributed by atoms with Gasteiger partial charge >= 0.3 is 0 Å². The zero-order chi connectivity index (χ0) is 13.8. The molecule has 0 spiro atoms. The summed E-state index contributed by atoms with van der Waals surface area (Å²) in [6.45, 7) is 1.85. The van der Waals surface area contributed by atoms with Crippen molar-refractivity contribution in [3.8, 4) is 0 Å². The zero-order valence-electron chi connectivity index (χ0n) is 12.1. The van der Waals surface area contributed by atoms with E-state index in [0.717, 1.165) is 19.1 Å². The lowest BCUT2D eigenvalue weighted by atomic mass is 9.88. The first-order valence-corrected chi connectivity index (χ1v) is 7.61. The summed E-state index contributed by atoms with van der Waals surface area (Å²) in [5, 5.41) is 6.22. The van der Waals surface area contributed by atoms with Crippen LogP contribution in [0.25, 0.3) is 10.8 Å². The highest BCUT2D eigenvalue weighted by Gasteiger charge is 2.20. The van der Waals surface area contributed by atoms with Crippen LogP contribution >= 0.6 is 0 Å². The van der Waals surface area contributed by atoms with Gasteiger partial charge in [0.05, 0.1) is 0 Å². The molecule has 0 bridgehead atoms. The molecule has 1 unspecified atom stereocenters. The first kappa shape index (κ1) is 13.6. The Morgan fingerprint density at radius 3 is 2.65 bits per heavy atom. The van der Waals surface area contributed by atoms with E-state index in [0.29, 0.717) is 6.04 Å². The van der Waals surface area contributed by atoms with E-state index < -0.39 is 0 Å². The number of nitrogens with one attached hydrogen (secondary N) is 1. The van der Waals surface area contributed by atoms with Crippen molar-refractivity contribution in [3.05, 3.63) is 48.0 Å². The lowest BCUT2D eigenvalue weighted by Crippen LogP contribution is -2.24. The van der Waals surface area contributed by atoms with Crippen molar-refractivity contribution in [3.63, 3.8) is 0 Å². The Kier molecular flexibility index (Phi) is 4.34. The Balaban J connectivity index is 1.86. The lowest BCUT2D eigenvalue weighted by Gasteiger charge is -2.27. The van der Waals surface area contributed by atoms with Gasteiger partial charge in [-0.05, 0) is 48.6 Å². The molecule has 2 nitrogen and oxygen atoms in total. The van der Waals surface area contributed by atoms with Crippen molar-refractivity contribution in [1.29, 1.82) is 0 Å². The highest BCUT2D eigenvalue weighted by Crippen LogP contribution is 2.31. The molecule has 1 fully saturated rings. The van der Waals surface area contributed by atoms with Gasteiger partial charge in [0.15, 0.2) is 0 Å². The van der Waals surface area contributed by atoms with E-state index in [4.69, 9.17) is 4.74 Å². The van der Waals surface area contributed by atoms with Crippen LogP contribution < -0.4 is 5.32 Å². The normalized spacial score (nSPS) is 18.2. The first-order valence-electron chi connectivity index (χ1n) is 7.61. The number of hydrogen-bond donors (Lipinski definition) is 1. The number of rotatable bonds is 4. The third kappa shape index (κ3) is 2.87. The van der Waals surface area contributed by atoms with Crippen molar-refractivity contribution in [2.75, 3.05) is 20.3 Å². The van der Waals surface area contributed by atoms with Gasteiger partial charge in [0.25, 0.3) is 0 Å². The van der Waals surface area contributed by atoms with Gasteiger partial charge in [-0.25, -0.2) is 0 Å². The van der Waals surface area contributed by atoms with E-state index in [2.05, 4.69) is 54.8 Å². The van der Waals surface area contributed by atoms with Crippen LogP contribution in [-0.2, 0) is 4.74 Å². The van der Waals surface area contributed by atoms with Gasteiger partial charge < -0.3 is 10.1 Å². The largest absolute Gasteiger partial charge is 0.381 e. The van der Waals surface area contributed by atoms with Gasteiger partial charge in [0, 0.05) is 19.3 Å². The van der Waals surface area contributed by atoms with E-state index in [-0.39, 0.29) is 0 Å². The molecule has 20 heavy (non-hydrogen) atoms.